The van der Waals surface area contributed by atoms with Crippen LogP contribution < -0.4 is 14.4 Å². The molecular formula is C16H20N2O2S2. The lowest BCUT2D eigenvalue weighted by Gasteiger charge is -2.25. The van der Waals surface area contributed by atoms with Gasteiger partial charge in [-0.3, -0.25) is 0 Å². The maximum Gasteiger partial charge on any atom is 0.186 e. The van der Waals surface area contributed by atoms with Gasteiger partial charge >= 0.3 is 0 Å². The fourth-order valence-corrected chi connectivity index (χ4v) is 4.41. The normalized spacial score (nSPS) is 15.0. The molecule has 2 heterocycles. The molecule has 2 aromatic rings. The first-order valence-corrected chi connectivity index (χ1v) is 9.22. The minimum atomic E-state index is 0.739. The zero-order valence-electron chi connectivity index (χ0n) is 13.1. The topological polar surface area (TPSA) is 34.6 Å². The van der Waals surface area contributed by atoms with E-state index in [0.717, 1.165) is 41.0 Å². The fraction of sp³-hybridized carbons (Fsp3) is 0.438. The van der Waals surface area contributed by atoms with Gasteiger partial charge in [0.05, 0.1) is 19.9 Å². The highest BCUT2D eigenvalue weighted by Gasteiger charge is 2.18. The number of benzene rings is 1. The number of aromatic nitrogens is 1. The third kappa shape index (κ3) is 3.03. The van der Waals surface area contributed by atoms with E-state index < -0.39 is 0 Å². The molecule has 0 aliphatic carbocycles. The van der Waals surface area contributed by atoms with Crippen molar-refractivity contribution in [3.05, 3.63) is 23.1 Å². The van der Waals surface area contributed by atoms with E-state index in [4.69, 9.17) is 14.5 Å². The molecule has 0 bridgehead atoms. The first-order valence-electron chi connectivity index (χ1n) is 7.25. The molecule has 0 amide bonds. The third-order valence-corrected chi connectivity index (χ3v) is 5.70. The average Bonchev–Trinajstić information content (AvgIpc) is 2.97. The molecule has 1 saturated heterocycles. The van der Waals surface area contributed by atoms with Gasteiger partial charge in [-0.1, -0.05) is 0 Å². The molecule has 4 nitrogen and oxygen atoms in total. The van der Waals surface area contributed by atoms with Crippen molar-refractivity contribution in [3.63, 3.8) is 0 Å². The summed E-state index contributed by atoms with van der Waals surface area (Å²) in [4.78, 5) is 8.50. The van der Waals surface area contributed by atoms with Crippen LogP contribution in [-0.2, 0) is 0 Å². The Balaban J connectivity index is 1.93. The van der Waals surface area contributed by atoms with Crippen LogP contribution in [-0.4, -0.2) is 43.8 Å². The van der Waals surface area contributed by atoms with Crippen LogP contribution in [0.15, 0.2) is 18.2 Å². The molecule has 1 fully saturated rings. The first kappa shape index (κ1) is 15.5. The van der Waals surface area contributed by atoms with E-state index in [9.17, 15) is 0 Å². The largest absolute Gasteiger partial charge is 0.493 e. The van der Waals surface area contributed by atoms with Gasteiger partial charge in [-0.05, 0) is 25.1 Å². The molecule has 1 aromatic carbocycles. The van der Waals surface area contributed by atoms with Gasteiger partial charge in [-0.25, -0.2) is 4.98 Å². The van der Waals surface area contributed by atoms with E-state index in [1.165, 1.54) is 16.4 Å². The van der Waals surface area contributed by atoms with Crippen molar-refractivity contribution in [1.29, 1.82) is 0 Å². The van der Waals surface area contributed by atoms with Crippen molar-refractivity contribution in [2.75, 3.05) is 43.7 Å². The Morgan fingerprint density at radius 1 is 1.09 bits per heavy atom. The van der Waals surface area contributed by atoms with Crippen LogP contribution in [0.3, 0.4) is 0 Å². The second-order valence-electron chi connectivity index (χ2n) is 5.07. The predicted octanol–water partition coefficient (Wildman–Crippen LogP) is 3.69. The van der Waals surface area contributed by atoms with E-state index in [0.29, 0.717) is 0 Å². The summed E-state index contributed by atoms with van der Waals surface area (Å²) in [5, 5.41) is 1.13. The third-order valence-electron chi connectivity index (χ3n) is 3.72. The number of ether oxygens (including phenoxy) is 2. The highest BCUT2D eigenvalue weighted by atomic mass is 32.2. The summed E-state index contributed by atoms with van der Waals surface area (Å²) in [5.74, 6) is 3.85. The smallest absolute Gasteiger partial charge is 0.186 e. The van der Waals surface area contributed by atoms with Crippen LogP contribution in [0.25, 0.3) is 11.3 Å². The lowest BCUT2D eigenvalue weighted by Crippen LogP contribution is -2.32. The predicted molar refractivity (Wildman–Crippen MR) is 94.9 cm³/mol. The molecule has 0 spiro atoms. The Labute approximate surface area is 139 Å². The highest BCUT2D eigenvalue weighted by Crippen LogP contribution is 2.37. The van der Waals surface area contributed by atoms with Crippen LogP contribution in [0.2, 0.25) is 0 Å². The Bertz CT molecular complexity index is 652. The maximum absolute atomic E-state index is 5.40. The quantitative estimate of drug-likeness (QED) is 0.851. The van der Waals surface area contributed by atoms with Crippen molar-refractivity contribution >= 4 is 28.2 Å². The number of thioether (sulfide) groups is 1. The lowest BCUT2D eigenvalue weighted by molar-refractivity contribution is 0.355. The van der Waals surface area contributed by atoms with Gasteiger partial charge in [0, 0.05) is 35.0 Å². The van der Waals surface area contributed by atoms with Crippen LogP contribution in [0, 0.1) is 6.92 Å². The van der Waals surface area contributed by atoms with Gasteiger partial charge in [0.15, 0.2) is 16.6 Å². The lowest BCUT2D eigenvalue weighted by atomic mass is 10.1. The van der Waals surface area contributed by atoms with Gasteiger partial charge in [-0.2, -0.15) is 11.8 Å². The van der Waals surface area contributed by atoms with Crippen LogP contribution in [0.4, 0.5) is 5.13 Å². The average molecular weight is 336 g/mol. The molecule has 3 rings (SSSR count). The number of methoxy groups -OCH3 is 2. The van der Waals surface area contributed by atoms with Crippen molar-refractivity contribution in [2.45, 2.75) is 6.92 Å². The van der Waals surface area contributed by atoms with Crippen molar-refractivity contribution in [3.8, 4) is 22.8 Å². The number of aryl methyl sites for hydroxylation is 1. The Morgan fingerprint density at radius 2 is 1.82 bits per heavy atom. The summed E-state index contributed by atoms with van der Waals surface area (Å²) in [6.45, 7) is 4.30. The zero-order valence-corrected chi connectivity index (χ0v) is 14.7. The molecule has 0 unspecified atom stereocenters. The van der Waals surface area contributed by atoms with E-state index in [1.807, 2.05) is 30.0 Å². The minimum Gasteiger partial charge on any atom is -0.493 e. The standard InChI is InChI=1S/C16H20N2O2S2/c1-11-15(12-4-5-13(19-2)14(10-12)20-3)17-16(22-11)18-6-8-21-9-7-18/h4-5,10H,6-9H2,1-3H3. The van der Waals surface area contributed by atoms with Crippen LogP contribution in [0.5, 0.6) is 11.5 Å². The summed E-state index contributed by atoms with van der Waals surface area (Å²) in [6, 6.07) is 5.97. The molecule has 0 N–H and O–H groups in total. The molecular weight excluding hydrogens is 316 g/mol. The fourth-order valence-electron chi connectivity index (χ4n) is 2.52. The van der Waals surface area contributed by atoms with Crippen LogP contribution in [0.1, 0.15) is 4.88 Å². The molecule has 0 atom stereocenters. The Hall–Kier alpha value is -1.40. The van der Waals surface area contributed by atoms with Crippen molar-refractivity contribution in [2.24, 2.45) is 0 Å². The van der Waals surface area contributed by atoms with Crippen molar-refractivity contribution in [1.82, 2.24) is 4.98 Å². The highest BCUT2D eigenvalue weighted by molar-refractivity contribution is 7.99. The van der Waals surface area contributed by atoms with Crippen molar-refractivity contribution < 1.29 is 9.47 Å². The van der Waals surface area contributed by atoms with E-state index in [1.54, 1.807) is 25.6 Å². The number of rotatable bonds is 4. The van der Waals surface area contributed by atoms with Gasteiger partial charge in [0.1, 0.15) is 0 Å². The summed E-state index contributed by atoms with van der Waals surface area (Å²) < 4.78 is 10.7. The number of anilines is 1. The second kappa shape index (κ2) is 6.79. The minimum absolute atomic E-state index is 0.739. The van der Waals surface area contributed by atoms with E-state index >= 15 is 0 Å². The van der Waals surface area contributed by atoms with Gasteiger partial charge < -0.3 is 14.4 Å². The monoisotopic (exact) mass is 336 g/mol. The molecule has 0 saturated carbocycles. The Morgan fingerprint density at radius 3 is 2.50 bits per heavy atom. The summed E-state index contributed by atoms with van der Waals surface area (Å²) in [7, 11) is 3.31. The van der Waals surface area contributed by atoms with E-state index in [2.05, 4.69) is 11.8 Å². The number of nitrogens with zero attached hydrogens (tertiary/aromatic N) is 2. The van der Waals surface area contributed by atoms with Gasteiger partial charge in [0.2, 0.25) is 0 Å². The maximum atomic E-state index is 5.40. The summed E-state index contributed by atoms with van der Waals surface area (Å²) >= 11 is 3.79. The number of hydrogen-bond acceptors (Lipinski definition) is 6. The second-order valence-corrected chi connectivity index (χ2v) is 7.48. The van der Waals surface area contributed by atoms with Gasteiger partial charge in [-0.15, -0.1) is 11.3 Å². The van der Waals surface area contributed by atoms with E-state index in [-0.39, 0.29) is 0 Å². The first-order chi connectivity index (χ1) is 10.7. The molecule has 22 heavy (non-hydrogen) atoms. The summed E-state index contributed by atoms with van der Waals surface area (Å²) in [6.07, 6.45) is 0. The molecule has 118 valence electrons. The molecule has 1 aromatic heterocycles. The summed E-state index contributed by atoms with van der Waals surface area (Å²) in [5.41, 5.74) is 2.11. The SMILES string of the molecule is COc1ccc(-c2nc(N3CCSCC3)sc2C)cc1OC. The number of thiazole rings is 1. The zero-order chi connectivity index (χ0) is 15.5. The molecule has 6 heteroatoms. The number of hydrogen-bond donors (Lipinski definition) is 0. The van der Waals surface area contributed by atoms with Gasteiger partial charge in [0.25, 0.3) is 0 Å². The van der Waals surface area contributed by atoms with Crippen LogP contribution >= 0.6 is 23.1 Å². The molecule has 0 radical (unpaired) electrons. The molecule has 1 aliphatic rings. The molecule has 1 aliphatic heterocycles. The Kier molecular flexibility index (Phi) is 4.78.